The Morgan fingerprint density at radius 2 is 1.92 bits per heavy atom. The fourth-order valence-corrected chi connectivity index (χ4v) is 6.58. The average Bonchev–Trinajstić information content (AvgIpc) is 3.03. The van der Waals surface area contributed by atoms with Crippen molar-refractivity contribution in [3.63, 3.8) is 0 Å². The highest BCUT2D eigenvalue weighted by molar-refractivity contribution is 7.91. The van der Waals surface area contributed by atoms with Crippen LogP contribution >= 0.6 is 11.3 Å². The first-order chi connectivity index (χ1) is 11.5. The number of carbonyl (C=O) groups is 1. The van der Waals surface area contributed by atoms with Crippen LogP contribution in [0.25, 0.3) is 0 Å². The lowest BCUT2D eigenvalue weighted by Crippen LogP contribution is -2.47. The molecule has 1 aromatic rings. The van der Waals surface area contributed by atoms with E-state index >= 15 is 0 Å². The highest BCUT2D eigenvalue weighted by Gasteiger charge is 2.34. The largest absolute Gasteiger partial charge is 0.353 e. The van der Waals surface area contributed by atoms with Gasteiger partial charge < -0.3 is 5.32 Å². The van der Waals surface area contributed by atoms with Gasteiger partial charge in [0.1, 0.15) is 4.21 Å². The summed E-state index contributed by atoms with van der Waals surface area (Å²) in [7, 11) is -3.47. The number of hydrogen-bond acceptors (Lipinski definition) is 4. The smallest absolute Gasteiger partial charge is 0.252 e. The maximum atomic E-state index is 12.8. The van der Waals surface area contributed by atoms with Gasteiger partial charge in [-0.15, -0.1) is 11.3 Å². The Kier molecular flexibility index (Phi) is 5.62. The van der Waals surface area contributed by atoms with Gasteiger partial charge in [0.05, 0.1) is 5.92 Å². The van der Waals surface area contributed by atoms with Crippen LogP contribution in [0.3, 0.4) is 0 Å². The molecule has 0 bridgehead atoms. The van der Waals surface area contributed by atoms with E-state index in [2.05, 4.69) is 5.32 Å². The van der Waals surface area contributed by atoms with Gasteiger partial charge >= 0.3 is 0 Å². The normalized spacial score (nSPS) is 24.0. The molecule has 0 aromatic carbocycles. The fourth-order valence-electron chi connectivity index (χ4n) is 3.62. The first-order valence-electron chi connectivity index (χ1n) is 8.84. The number of thiophene rings is 1. The molecule has 0 radical (unpaired) electrons. The first kappa shape index (κ1) is 17.9. The topological polar surface area (TPSA) is 66.5 Å². The van der Waals surface area contributed by atoms with Crippen LogP contribution in [0.5, 0.6) is 0 Å². The number of nitrogens with zero attached hydrogens (tertiary/aromatic N) is 1. The van der Waals surface area contributed by atoms with Gasteiger partial charge in [-0.1, -0.05) is 19.3 Å². The minimum atomic E-state index is -3.47. The number of nitrogens with one attached hydrogen (secondary N) is 1. The van der Waals surface area contributed by atoms with Crippen molar-refractivity contribution in [1.82, 2.24) is 9.62 Å². The number of hydrogen-bond donors (Lipinski definition) is 1. The SMILES string of the molecule is Cc1ccc(S(=O)(=O)N2CCCC(C(=O)NC3CCCCC3)C2)s1. The Morgan fingerprint density at radius 3 is 2.58 bits per heavy atom. The van der Waals surface area contributed by atoms with Crippen molar-refractivity contribution >= 4 is 27.3 Å². The van der Waals surface area contributed by atoms with E-state index in [9.17, 15) is 13.2 Å². The van der Waals surface area contributed by atoms with Gasteiger partial charge in [0.25, 0.3) is 10.0 Å². The minimum absolute atomic E-state index is 0.0316. The fraction of sp³-hybridized carbons (Fsp3) is 0.706. The van der Waals surface area contributed by atoms with Gasteiger partial charge in [-0.05, 0) is 44.7 Å². The summed E-state index contributed by atoms with van der Waals surface area (Å²) in [5.74, 6) is -0.194. The zero-order valence-electron chi connectivity index (χ0n) is 14.2. The van der Waals surface area contributed by atoms with Crippen molar-refractivity contribution in [3.05, 3.63) is 17.0 Å². The summed E-state index contributed by atoms with van der Waals surface area (Å²) in [5, 5.41) is 3.15. The number of amides is 1. The highest BCUT2D eigenvalue weighted by atomic mass is 32.2. The lowest BCUT2D eigenvalue weighted by Gasteiger charge is -2.32. The molecule has 1 amide bonds. The van der Waals surface area contributed by atoms with Crippen molar-refractivity contribution in [2.45, 2.75) is 62.1 Å². The molecule has 2 aliphatic rings. The summed E-state index contributed by atoms with van der Waals surface area (Å²) < 4.78 is 27.4. The van der Waals surface area contributed by atoms with Crippen molar-refractivity contribution in [2.24, 2.45) is 5.92 Å². The minimum Gasteiger partial charge on any atom is -0.353 e. The van der Waals surface area contributed by atoms with Crippen LogP contribution in [0.1, 0.15) is 49.8 Å². The maximum Gasteiger partial charge on any atom is 0.252 e. The van der Waals surface area contributed by atoms with Crippen molar-refractivity contribution < 1.29 is 13.2 Å². The second-order valence-corrected chi connectivity index (χ2v) is 10.4. The Labute approximate surface area is 148 Å². The molecule has 2 heterocycles. The second-order valence-electron chi connectivity index (χ2n) is 6.91. The summed E-state index contributed by atoms with van der Waals surface area (Å²) in [6.07, 6.45) is 7.22. The van der Waals surface area contributed by atoms with Crippen LogP contribution in [0, 0.1) is 12.8 Å². The standard InChI is InChI=1S/C17H26N2O3S2/c1-13-9-10-16(23-13)24(21,22)19-11-5-6-14(12-19)17(20)18-15-7-3-2-4-8-15/h9-10,14-15H,2-8,11-12H2,1H3,(H,18,20). The first-order valence-corrected chi connectivity index (χ1v) is 11.1. The van der Waals surface area contributed by atoms with Crippen molar-refractivity contribution in [1.29, 1.82) is 0 Å². The van der Waals surface area contributed by atoms with Crippen LogP contribution in [0.4, 0.5) is 0 Å². The van der Waals surface area contributed by atoms with Gasteiger partial charge in [0.15, 0.2) is 0 Å². The van der Waals surface area contributed by atoms with Crippen LogP contribution in [0.15, 0.2) is 16.3 Å². The summed E-state index contributed by atoms with van der Waals surface area (Å²) in [6.45, 7) is 2.71. The van der Waals surface area contributed by atoms with Crippen molar-refractivity contribution in [3.8, 4) is 0 Å². The molecule has 1 N–H and O–H groups in total. The Bertz CT molecular complexity index is 678. The lowest BCUT2D eigenvalue weighted by molar-refractivity contribution is -0.127. The van der Waals surface area contributed by atoms with E-state index in [1.165, 1.54) is 34.9 Å². The molecule has 3 rings (SSSR count). The number of sulfonamides is 1. The predicted molar refractivity (Wildman–Crippen MR) is 95.6 cm³/mol. The van der Waals surface area contributed by atoms with E-state index in [0.29, 0.717) is 17.3 Å². The molecule has 1 saturated heterocycles. The van der Waals surface area contributed by atoms with Crippen LogP contribution in [-0.4, -0.2) is 37.8 Å². The number of aryl methyl sites for hydroxylation is 1. The van der Waals surface area contributed by atoms with Gasteiger partial charge in [0.2, 0.25) is 5.91 Å². The number of carbonyl (C=O) groups excluding carboxylic acids is 1. The van der Waals surface area contributed by atoms with Crippen LogP contribution in [-0.2, 0) is 14.8 Å². The molecule has 1 aliphatic carbocycles. The molecule has 1 aliphatic heterocycles. The van der Waals surface area contributed by atoms with Gasteiger partial charge in [-0.3, -0.25) is 4.79 Å². The predicted octanol–water partition coefficient (Wildman–Crippen LogP) is 2.91. The van der Waals surface area contributed by atoms with Crippen LogP contribution < -0.4 is 5.32 Å². The molecule has 1 unspecified atom stereocenters. The summed E-state index contributed by atoms with van der Waals surface area (Å²) in [6, 6.07) is 3.77. The molecule has 7 heteroatoms. The van der Waals surface area contributed by atoms with Gasteiger partial charge in [-0.25, -0.2) is 8.42 Å². The molecule has 24 heavy (non-hydrogen) atoms. The molecule has 134 valence electrons. The average molecular weight is 371 g/mol. The van der Waals surface area contributed by atoms with Gasteiger partial charge in [0, 0.05) is 24.0 Å². The van der Waals surface area contributed by atoms with E-state index in [-0.39, 0.29) is 17.9 Å². The Morgan fingerprint density at radius 1 is 1.17 bits per heavy atom. The lowest BCUT2D eigenvalue weighted by atomic mass is 9.93. The van der Waals surface area contributed by atoms with Crippen LogP contribution in [0.2, 0.25) is 0 Å². The molecule has 5 nitrogen and oxygen atoms in total. The maximum absolute atomic E-state index is 12.8. The second kappa shape index (κ2) is 7.54. The number of rotatable bonds is 4. The summed E-state index contributed by atoms with van der Waals surface area (Å²) in [5.41, 5.74) is 0. The monoisotopic (exact) mass is 370 g/mol. The third-order valence-electron chi connectivity index (χ3n) is 5.02. The molecule has 1 saturated carbocycles. The zero-order valence-corrected chi connectivity index (χ0v) is 15.8. The molecule has 2 fully saturated rings. The Hall–Kier alpha value is -0.920. The Balaban J connectivity index is 1.64. The third-order valence-corrected chi connectivity index (χ3v) is 8.35. The van der Waals surface area contributed by atoms with E-state index in [1.54, 1.807) is 6.07 Å². The van der Waals surface area contributed by atoms with E-state index in [1.807, 2.05) is 13.0 Å². The molecule has 1 aromatic heterocycles. The zero-order chi connectivity index (χ0) is 17.2. The molecule has 1 atom stereocenters. The van der Waals surface area contributed by atoms with E-state index < -0.39 is 10.0 Å². The quantitative estimate of drug-likeness (QED) is 0.886. The molecule has 0 spiro atoms. The highest BCUT2D eigenvalue weighted by Crippen LogP contribution is 2.28. The molecular weight excluding hydrogens is 344 g/mol. The van der Waals surface area contributed by atoms with E-state index in [0.717, 1.165) is 30.6 Å². The van der Waals surface area contributed by atoms with Crippen molar-refractivity contribution in [2.75, 3.05) is 13.1 Å². The summed E-state index contributed by atoms with van der Waals surface area (Å²) in [4.78, 5) is 13.5. The van der Waals surface area contributed by atoms with Gasteiger partial charge in [-0.2, -0.15) is 4.31 Å². The third kappa shape index (κ3) is 4.00. The summed E-state index contributed by atoms with van der Waals surface area (Å²) >= 11 is 1.30. The molecular formula is C17H26N2O3S2. The number of piperidine rings is 1. The van der Waals surface area contributed by atoms with E-state index in [4.69, 9.17) is 0 Å².